The molecule has 1 heterocycles. The standard InChI is InChI=1S/C27H27ClN2O4S/c1-19-18-25(23-6-4-3-5-7-23)26(27(31)34-2)30(29-19)35(32,33)17-16-20-8-10-21(11-9-20)22-12-14-24(28)15-13-22/h3-15,25-26H,16-18H2,1-2H3. The van der Waals surface area contributed by atoms with Crippen molar-refractivity contribution < 1.29 is 17.9 Å². The van der Waals surface area contributed by atoms with Crippen LogP contribution in [0.2, 0.25) is 5.02 Å². The summed E-state index contributed by atoms with van der Waals surface area (Å²) in [6, 6.07) is 23.6. The second kappa shape index (κ2) is 10.6. The highest BCUT2D eigenvalue weighted by molar-refractivity contribution is 7.89. The van der Waals surface area contributed by atoms with E-state index in [9.17, 15) is 13.2 Å². The Balaban J connectivity index is 1.55. The van der Waals surface area contributed by atoms with Crippen LogP contribution in [-0.4, -0.2) is 43.4 Å². The highest BCUT2D eigenvalue weighted by Crippen LogP contribution is 2.34. The van der Waals surface area contributed by atoms with E-state index in [1.165, 1.54) is 7.11 Å². The number of carbonyl (C=O) groups excluding carboxylic acids is 1. The van der Waals surface area contributed by atoms with Gasteiger partial charge in [-0.1, -0.05) is 78.3 Å². The molecule has 0 aliphatic carbocycles. The van der Waals surface area contributed by atoms with E-state index in [4.69, 9.17) is 16.3 Å². The van der Waals surface area contributed by atoms with E-state index >= 15 is 0 Å². The van der Waals surface area contributed by atoms with Gasteiger partial charge in [0, 0.05) is 16.7 Å². The molecule has 1 aliphatic heterocycles. The van der Waals surface area contributed by atoms with E-state index in [2.05, 4.69) is 5.10 Å². The summed E-state index contributed by atoms with van der Waals surface area (Å²) >= 11 is 5.97. The number of aryl methyl sites for hydroxylation is 1. The summed E-state index contributed by atoms with van der Waals surface area (Å²) in [6.07, 6.45) is 0.764. The number of hydrogen-bond acceptors (Lipinski definition) is 5. The van der Waals surface area contributed by atoms with Gasteiger partial charge in [0.05, 0.1) is 12.9 Å². The van der Waals surface area contributed by atoms with Crippen LogP contribution in [0.25, 0.3) is 11.1 Å². The monoisotopic (exact) mass is 510 g/mol. The number of methoxy groups -OCH3 is 1. The van der Waals surface area contributed by atoms with Crippen molar-refractivity contribution in [2.75, 3.05) is 12.9 Å². The SMILES string of the molecule is COC(=O)C1C(c2ccccc2)CC(C)=NN1S(=O)(=O)CCc1ccc(-c2ccc(Cl)cc2)cc1. The van der Waals surface area contributed by atoms with Gasteiger partial charge < -0.3 is 4.74 Å². The lowest BCUT2D eigenvalue weighted by Gasteiger charge is -2.36. The van der Waals surface area contributed by atoms with E-state index in [0.717, 1.165) is 26.7 Å². The summed E-state index contributed by atoms with van der Waals surface area (Å²) in [5, 5.41) is 4.98. The predicted octanol–water partition coefficient (Wildman–Crippen LogP) is 5.29. The fraction of sp³-hybridized carbons (Fsp3) is 0.259. The summed E-state index contributed by atoms with van der Waals surface area (Å²) in [7, 11) is -2.63. The van der Waals surface area contributed by atoms with Crippen molar-refractivity contribution in [2.24, 2.45) is 5.10 Å². The topological polar surface area (TPSA) is 76.0 Å². The van der Waals surface area contributed by atoms with Crippen molar-refractivity contribution in [3.63, 3.8) is 0 Å². The molecule has 6 nitrogen and oxygen atoms in total. The molecular formula is C27H27ClN2O4S. The molecule has 35 heavy (non-hydrogen) atoms. The number of esters is 1. The van der Waals surface area contributed by atoms with Gasteiger partial charge in [0.25, 0.3) is 10.0 Å². The molecule has 182 valence electrons. The Morgan fingerprint density at radius 1 is 1.00 bits per heavy atom. The summed E-state index contributed by atoms with van der Waals surface area (Å²) in [5.74, 6) is -1.18. The Morgan fingerprint density at radius 3 is 2.20 bits per heavy atom. The third-order valence-electron chi connectivity index (χ3n) is 6.14. The molecule has 2 unspecified atom stereocenters. The Labute approximate surface area is 211 Å². The van der Waals surface area contributed by atoms with Gasteiger partial charge in [-0.05, 0) is 54.2 Å². The molecule has 2 atom stereocenters. The Kier molecular flexibility index (Phi) is 7.57. The molecule has 0 amide bonds. The normalized spacial score (nSPS) is 18.1. The highest BCUT2D eigenvalue weighted by Gasteiger charge is 2.44. The molecule has 0 saturated heterocycles. The van der Waals surface area contributed by atoms with Gasteiger partial charge in [0.2, 0.25) is 0 Å². The number of nitrogens with zero attached hydrogens (tertiary/aromatic N) is 2. The van der Waals surface area contributed by atoms with Crippen LogP contribution >= 0.6 is 11.6 Å². The molecular weight excluding hydrogens is 484 g/mol. The average Bonchev–Trinajstić information content (AvgIpc) is 2.88. The first-order valence-corrected chi connectivity index (χ1v) is 13.3. The van der Waals surface area contributed by atoms with Gasteiger partial charge in [-0.2, -0.15) is 9.52 Å². The van der Waals surface area contributed by atoms with E-state index < -0.39 is 22.0 Å². The molecule has 0 fully saturated rings. The smallest absolute Gasteiger partial charge is 0.332 e. The fourth-order valence-electron chi connectivity index (χ4n) is 4.31. The largest absolute Gasteiger partial charge is 0.467 e. The van der Waals surface area contributed by atoms with Crippen LogP contribution in [0.4, 0.5) is 0 Å². The quantitative estimate of drug-likeness (QED) is 0.405. The van der Waals surface area contributed by atoms with Gasteiger partial charge in [-0.25, -0.2) is 13.2 Å². The van der Waals surface area contributed by atoms with Gasteiger partial charge >= 0.3 is 5.97 Å². The molecule has 0 spiro atoms. The number of benzene rings is 3. The molecule has 0 bridgehead atoms. The molecule has 8 heteroatoms. The first kappa shape index (κ1) is 24.9. The van der Waals surface area contributed by atoms with Crippen LogP contribution in [0.1, 0.15) is 30.4 Å². The maximum Gasteiger partial charge on any atom is 0.332 e. The first-order chi connectivity index (χ1) is 16.8. The minimum Gasteiger partial charge on any atom is -0.467 e. The number of hydrazone groups is 1. The van der Waals surface area contributed by atoms with Crippen molar-refractivity contribution in [3.8, 4) is 11.1 Å². The maximum atomic E-state index is 13.4. The number of halogens is 1. The Morgan fingerprint density at radius 2 is 1.60 bits per heavy atom. The molecule has 0 saturated carbocycles. The molecule has 3 aromatic rings. The van der Waals surface area contributed by atoms with E-state index in [1.807, 2.05) is 78.9 Å². The molecule has 0 N–H and O–H groups in total. The molecule has 1 aliphatic rings. The van der Waals surface area contributed by atoms with Gasteiger partial charge in [-0.3, -0.25) is 0 Å². The van der Waals surface area contributed by atoms with Gasteiger partial charge in [0.15, 0.2) is 6.04 Å². The fourth-order valence-corrected chi connectivity index (χ4v) is 5.96. The van der Waals surface area contributed by atoms with E-state index in [1.54, 1.807) is 6.92 Å². The second-order valence-electron chi connectivity index (χ2n) is 8.57. The lowest BCUT2D eigenvalue weighted by atomic mass is 9.86. The number of sulfonamides is 1. The van der Waals surface area contributed by atoms with Crippen LogP contribution < -0.4 is 0 Å². The molecule has 4 rings (SSSR count). The van der Waals surface area contributed by atoms with Crippen molar-refractivity contribution in [1.29, 1.82) is 0 Å². The Hall–Kier alpha value is -3.16. The van der Waals surface area contributed by atoms with Crippen LogP contribution in [-0.2, 0) is 26.0 Å². The van der Waals surface area contributed by atoms with Crippen molar-refractivity contribution in [2.45, 2.75) is 31.7 Å². The van der Waals surface area contributed by atoms with Crippen LogP contribution in [0, 0.1) is 0 Å². The van der Waals surface area contributed by atoms with E-state index in [-0.39, 0.29) is 18.1 Å². The number of hydrogen-bond donors (Lipinski definition) is 0. The van der Waals surface area contributed by atoms with Crippen LogP contribution in [0.15, 0.2) is 84.0 Å². The van der Waals surface area contributed by atoms with Gasteiger partial charge in [-0.15, -0.1) is 0 Å². The zero-order valence-electron chi connectivity index (χ0n) is 19.6. The summed E-state index contributed by atoms with van der Waals surface area (Å²) in [5.41, 5.74) is 4.43. The van der Waals surface area contributed by atoms with Crippen LogP contribution in [0.3, 0.4) is 0 Å². The minimum atomic E-state index is -3.90. The second-order valence-corrected chi connectivity index (χ2v) is 10.9. The third kappa shape index (κ3) is 5.74. The third-order valence-corrected chi connectivity index (χ3v) is 7.99. The van der Waals surface area contributed by atoms with Crippen LogP contribution in [0.5, 0.6) is 0 Å². The number of rotatable bonds is 7. The minimum absolute atomic E-state index is 0.181. The first-order valence-electron chi connectivity index (χ1n) is 11.3. The average molecular weight is 511 g/mol. The van der Waals surface area contributed by atoms with Gasteiger partial charge in [0.1, 0.15) is 0 Å². The summed E-state index contributed by atoms with van der Waals surface area (Å²) in [4.78, 5) is 12.8. The number of ether oxygens (including phenoxy) is 1. The summed E-state index contributed by atoms with van der Waals surface area (Å²) < 4.78 is 32.8. The Bertz CT molecular complexity index is 1310. The zero-order chi connectivity index (χ0) is 25.0. The molecule has 3 aromatic carbocycles. The highest BCUT2D eigenvalue weighted by atomic mass is 35.5. The maximum absolute atomic E-state index is 13.4. The van der Waals surface area contributed by atoms with E-state index in [0.29, 0.717) is 17.2 Å². The lowest BCUT2D eigenvalue weighted by Crippen LogP contribution is -2.50. The zero-order valence-corrected chi connectivity index (χ0v) is 21.2. The number of carbonyl (C=O) groups is 1. The predicted molar refractivity (Wildman–Crippen MR) is 139 cm³/mol. The molecule has 0 aromatic heterocycles. The summed E-state index contributed by atoms with van der Waals surface area (Å²) in [6.45, 7) is 1.78. The van der Waals surface area contributed by atoms with Crippen molar-refractivity contribution in [1.82, 2.24) is 4.41 Å². The molecule has 0 radical (unpaired) electrons. The van der Waals surface area contributed by atoms with Crippen molar-refractivity contribution >= 4 is 33.3 Å². The lowest BCUT2D eigenvalue weighted by molar-refractivity contribution is -0.146. The van der Waals surface area contributed by atoms with Crippen molar-refractivity contribution in [3.05, 3.63) is 95.0 Å².